The highest BCUT2D eigenvalue weighted by molar-refractivity contribution is 5.85. The second kappa shape index (κ2) is 9.39. The van der Waals surface area contributed by atoms with E-state index < -0.39 is 17.1 Å². The van der Waals surface area contributed by atoms with Crippen molar-refractivity contribution < 1.29 is 18.7 Å². The van der Waals surface area contributed by atoms with Gasteiger partial charge in [-0.15, -0.1) is 0 Å². The quantitative estimate of drug-likeness (QED) is 0.683. The molecule has 1 aromatic heterocycles. The smallest absolute Gasteiger partial charge is 0.408 e. The Bertz CT molecular complexity index is 1080. The van der Waals surface area contributed by atoms with E-state index in [0.717, 1.165) is 10.9 Å². The number of nitrogens with zero attached hydrogens (tertiary/aromatic N) is 3. The minimum absolute atomic E-state index is 0.122. The Kier molecular flexibility index (Phi) is 7.10. The molecule has 2 amide bonds. The van der Waals surface area contributed by atoms with E-state index >= 15 is 0 Å². The van der Waals surface area contributed by atoms with Gasteiger partial charge >= 0.3 is 6.09 Å². The van der Waals surface area contributed by atoms with Gasteiger partial charge in [-0.25, -0.2) is 14.2 Å². The minimum Gasteiger partial charge on any atom is -0.444 e. The number of amides is 2. The molecule has 1 fully saturated rings. The van der Waals surface area contributed by atoms with Gasteiger partial charge in [0.05, 0.1) is 11.6 Å². The first kappa shape index (κ1) is 25.7. The van der Waals surface area contributed by atoms with Gasteiger partial charge in [-0.1, -0.05) is 20.8 Å². The number of pyridine rings is 1. The van der Waals surface area contributed by atoms with Crippen molar-refractivity contribution in [2.45, 2.75) is 67.0 Å². The molecule has 1 N–H and O–H groups in total. The number of aromatic nitrogens is 1. The zero-order valence-electron chi connectivity index (χ0n) is 21.6. The minimum atomic E-state index is -0.612. The van der Waals surface area contributed by atoms with Crippen molar-refractivity contribution in [1.82, 2.24) is 15.2 Å². The Morgan fingerprint density at radius 2 is 1.71 bits per heavy atom. The highest BCUT2D eigenvalue weighted by Crippen LogP contribution is 2.32. The third kappa shape index (κ3) is 5.77. The summed E-state index contributed by atoms with van der Waals surface area (Å²) in [6, 6.07) is 4.71. The summed E-state index contributed by atoms with van der Waals surface area (Å²) < 4.78 is 19.7. The number of nitrogens with one attached hydrogen (secondary N) is 1. The van der Waals surface area contributed by atoms with Crippen molar-refractivity contribution in [1.29, 1.82) is 0 Å². The first-order chi connectivity index (χ1) is 15.7. The fourth-order valence-corrected chi connectivity index (χ4v) is 4.09. The van der Waals surface area contributed by atoms with Gasteiger partial charge < -0.3 is 19.9 Å². The summed E-state index contributed by atoms with van der Waals surface area (Å²) in [6.45, 7) is 17.2. The van der Waals surface area contributed by atoms with Gasteiger partial charge in [0.1, 0.15) is 17.2 Å². The van der Waals surface area contributed by atoms with Gasteiger partial charge in [0.25, 0.3) is 0 Å². The van der Waals surface area contributed by atoms with Gasteiger partial charge in [-0.3, -0.25) is 4.79 Å². The van der Waals surface area contributed by atoms with Gasteiger partial charge in [-0.05, 0) is 52.8 Å². The molecule has 1 saturated heterocycles. The first-order valence-corrected chi connectivity index (χ1v) is 11.8. The van der Waals surface area contributed by atoms with E-state index in [4.69, 9.17) is 9.72 Å². The second-order valence-corrected chi connectivity index (χ2v) is 11.0. The normalized spacial score (nSPS) is 15.9. The zero-order valence-corrected chi connectivity index (χ0v) is 21.6. The number of alkyl carbamates (subject to hydrolysis) is 1. The van der Waals surface area contributed by atoms with E-state index in [1.165, 1.54) is 6.07 Å². The molecule has 1 atom stereocenters. The Hall–Kier alpha value is -2.90. The molecule has 2 aromatic rings. The Labute approximate surface area is 201 Å². The Morgan fingerprint density at radius 3 is 2.26 bits per heavy atom. The van der Waals surface area contributed by atoms with Crippen molar-refractivity contribution in [3.63, 3.8) is 0 Å². The molecular formula is C26H37FN4O3. The molecule has 34 heavy (non-hydrogen) atoms. The average molecular weight is 473 g/mol. The molecule has 1 aliphatic rings. The summed E-state index contributed by atoms with van der Waals surface area (Å²) in [6.07, 6.45) is -0.512. The van der Waals surface area contributed by atoms with Crippen molar-refractivity contribution in [2.75, 3.05) is 31.1 Å². The molecule has 0 saturated carbocycles. The zero-order chi connectivity index (χ0) is 25.4. The van der Waals surface area contributed by atoms with Gasteiger partial charge in [0, 0.05) is 48.1 Å². The first-order valence-electron chi connectivity index (χ1n) is 11.8. The van der Waals surface area contributed by atoms with Crippen LogP contribution >= 0.6 is 0 Å². The van der Waals surface area contributed by atoms with Crippen LogP contribution in [0, 0.1) is 18.2 Å². The van der Waals surface area contributed by atoms with Gasteiger partial charge in [-0.2, -0.15) is 0 Å². The number of ether oxygens (including phenoxy) is 1. The lowest BCUT2D eigenvalue weighted by Crippen LogP contribution is -2.52. The average Bonchev–Trinajstić information content (AvgIpc) is 2.73. The third-order valence-corrected chi connectivity index (χ3v) is 5.89. The molecule has 0 bridgehead atoms. The van der Waals surface area contributed by atoms with Crippen LogP contribution in [-0.4, -0.2) is 53.7 Å². The standard InChI is InChI=1S/C26H37FN4O3/c1-16-20(27)10-9-18-15-19(17(2)28-24(33)34-26(6,7)8)22(29-21(16)18)30-11-13-31(14-12-30)23(32)25(3,4)5/h9-10,15,17H,11-14H2,1-8H3,(H,28,33)/t17-/m0/s1. The van der Waals surface area contributed by atoms with E-state index in [1.54, 1.807) is 13.0 Å². The predicted molar refractivity (Wildman–Crippen MR) is 132 cm³/mol. The number of carbonyl (C=O) groups excluding carboxylic acids is 2. The van der Waals surface area contributed by atoms with Crippen LogP contribution in [0.15, 0.2) is 18.2 Å². The van der Waals surface area contributed by atoms with Crippen LogP contribution in [0.4, 0.5) is 15.0 Å². The number of rotatable bonds is 3. The third-order valence-electron chi connectivity index (χ3n) is 5.89. The number of anilines is 1. The van der Waals surface area contributed by atoms with Crippen LogP contribution in [-0.2, 0) is 9.53 Å². The maximum Gasteiger partial charge on any atom is 0.408 e. The van der Waals surface area contributed by atoms with Crippen LogP contribution < -0.4 is 10.2 Å². The SMILES string of the molecule is Cc1c(F)ccc2cc([C@H](C)NC(=O)OC(C)(C)C)c(N3CCN(C(=O)C(C)(C)C)CC3)nc12. The highest BCUT2D eigenvalue weighted by Gasteiger charge is 2.31. The lowest BCUT2D eigenvalue weighted by molar-refractivity contribution is -0.139. The maximum atomic E-state index is 14.3. The molecular weight excluding hydrogens is 435 g/mol. The second-order valence-electron chi connectivity index (χ2n) is 11.0. The maximum absolute atomic E-state index is 14.3. The lowest BCUT2D eigenvalue weighted by Gasteiger charge is -2.39. The summed E-state index contributed by atoms with van der Waals surface area (Å²) in [5.41, 5.74) is 0.851. The molecule has 0 radical (unpaired) electrons. The van der Waals surface area contributed by atoms with Crippen LogP contribution in [0.3, 0.4) is 0 Å². The Balaban J connectivity index is 1.95. The van der Waals surface area contributed by atoms with E-state index in [2.05, 4.69) is 10.2 Å². The molecule has 7 nitrogen and oxygen atoms in total. The number of aryl methyl sites for hydroxylation is 1. The number of halogens is 1. The molecule has 1 aliphatic heterocycles. The number of hydrogen-bond donors (Lipinski definition) is 1. The van der Waals surface area contributed by atoms with Crippen LogP contribution in [0.5, 0.6) is 0 Å². The molecule has 0 aliphatic carbocycles. The number of benzene rings is 1. The summed E-state index contributed by atoms with van der Waals surface area (Å²) in [7, 11) is 0. The number of carbonyl (C=O) groups is 2. The van der Waals surface area contributed by atoms with Crippen LogP contribution in [0.2, 0.25) is 0 Å². The van der Waals surface area contributed by atoms with Gasteiger partial charge in [0.2, 0.25) is 5.91 Å². The molecule has 8 heteroatoms. The molecule has 186 valence electrons. The van der Waals surface area contributed by atoms with Crippen molar-refractivity contribution in [2.24, 2.45) is 5.41 Å². The molecule has 2 heterocycles. The van der Waals surface area contributed by atoms with Crippen molar-refractivity contribution >= 4 is 28.7 Å². The molecule has 0 unspecified atom stereocenters. The molecule has 0 spiro atoms. The fraction of sp³-hybridized carbons (Fsp3) is 0.577. The summed E-state index contributed by atoms with van der Waals surface area (Å²) in [5.74, 6) is 0.503. The predicted octanol–water partition coefficient (Wildman–Crippen LogP) is 4.96. The summed E-state index contributed by atoms with van der Waals surface area (Å²) in [4.78, 5) is 34.0. The topological polar surface area (TPSA) is 74.8 Å². The number of piperazine rings is 1. The fourth-order valence-electron chi connectivity index (χ4n) is 4.09. The molecule has 1 aromatic carbocycles. The van der Waals surface area contributed by atoms with E-state index in [-0.39, 0.29) is 17.8 Å². The van der Waals surface area contributed by atoms with E-state index in [1.807, 2.05) is 59.4 Å². The lowest BCUT2D eigenvalue weighted by atomic mass is 9.94. The van der Waals surface area contributed by atoms with E-state index in [9.17, 15) is 14.0 Å². The monoisotopic (exact) mass is 472 g/mol. The number of hydrogen-bond acceptors (Lipinski definition) is 5. The van der Waals surface area contributed by atoms with E-state index in [0.29, 0.717) is 43.1 Å². The number of fused-ring (bicyclic) bond motifs is 1. The summed E-state index contributed by atoms with van der Waals surface area (Å²) >= 11 is 0. The van der Waals surface area contributed by atoms with Gasteiger partial charge in [0.15, 0.2) is 0 Å². The van der Waals surface area contributed by atoms with Crippen LogP contribution in [0.25, 0.3) is 10.9 Å². The largest absolute Gasteiger partial charge is 0.444 e. The van der Waals surface area contributed by atoms with Crippen molar-refractivity contribution in [3.05, 3.63) is 35.1 Å². The molecule has 3 rings (SSSR count). The summed E-state index contributed by atoms with van der Waals surface area (Å²) in [5, 5.41) is 3.71. The van der Waals surface area contributed by atoms with Crippen molar-refractivity contribution in [3.8, 4) is 0 Å². The van der Waals surface area contributed by atoms with Crippen LogP contribution in [0.1, 0.15) is 65.6 Å². The highest BCUT2D eigenvalue weighted by atomic mass is 19.1. The Morgan fingerprint density at radius 1 is 1.09 bits per heavy atom.